The van der Waals surface area contributed by atoms with E-state index in [2.05, 4.69) is 6.58 Å². The van der Waals surface area contributed by atoms with Gasteiger partial charge in [-0.3, -0.25) is 4.79 Å². The summed E-state index contributed by atoms with van der Waals surface area (Å²) in [7, 11) is -3.97. The molecule has 1 aliphatic carbocycles. The van der Waals surface area contributed by atoms with Gasteiger partial charge in [0, 0.05) is 5.92 Å². The Morgan fingerprint density at radius 3 is 2.68 bits per heavy atom. The van der Waals surface area contributed by atoms with Crippen LogP contribution < -0.4 is 4.18 Å². The van der Waals surface area contributed by atoms with Crippen molar-refractivity contribution in [3.63, 3.8) is 0 Å². The summed E-state index contributed by atoms with van der Waals surface area (Å²) in [5.74, 6) is -0.0203. The minimum atomic E-state index is -3.97. The Morgan fingerprint density at radius 2 is 1.96 bits per heavy atom. The molecule has 1 aliphatic heterocycles. The third kappa shape index (κ3) is 3.31. The highest BCUT2D eigenvalue weighted by Crippen LogP contribution is 2.52. The van der Waals surface area contributed by atoms with Crippen LogP contribution >= 0.6 is 11.6 Å². The summed E-state index contributed by atoms with van der Waals surface area (Å²) in [5, 5.41) is 0.174. The maximum absolute atomic E-state index is 12.4. The van der Waals surface area contributed by atoms with Gasteiger partial charge in [-0.05, 0) is 49.1 Å². The smallest absolute Gasteiger partial charge is 0.339 e. The third-order valence-electron chi connectivity index (χ3n) is 5.45. The first kappa shape index (κ1) is 19.0. The number of fused-ring (bicyclic) bond motifs is 1. The van der Waals surface area contributed by atoms with E-state index in [1.807, 2.05) is 0 Å². The first-order valence-corrected chi connectivity index (χ1v) is 10.7. The second kappa shape index (κ2) is 6.94. The van der Waals surface area contributed by atoms with Crippen LogP contribution in [0.3, 0.4) is 0 Å². The zero-order valence-electron chi connectivity index (χ0n) is 15.1. The fourth-order valence-corrected chi connectivity index (χ4v) is 5.36. The molecule has 0 amide bonds. The minimum Gasteiger partial charge on any atom is -0.465 e. The maximum atomic E-state index is 12.4. The van der Waals surface area contributed by atoms with E-state index in [9.17, 15) is 13.2 Å². The second-order valence-electron chi connectivity index (χ2n) is 7.37. The molecule has 4 rings (SSSR count). The van der Waals surface area contributed by atoms with Gasteiger partial charge in [-0.25, -0.2) is 0 Å². The van der Waals surface area contributed by atoms with Gasteiger partial charge in [0.2, 0.25) is 0 Å². The summed E-state index contributed by atoms with van der Waals surface area (Å²) in [6.07, 6.45) is 1.87. The minimum absolute atomic E-state index is 0.0492. The molecule has 2 aromatic carbocycles. The van der Waals surface area contributed by atoms with E-state index in [0.717, 1.165) is 17.6 Å². The van der Waals surface area contributed by atoms with E-state index >= 15 is 0 Å². The molecule has 1 heterocycles. The zero-order valence-corrected chi connectivity index (χ0v) is 16.6. The number of benzene rings is 2. The quantitative estimate of drug-likeness (QED) is 0.414. The highest BCUT2D eigenvalue weighted by Gasteiger charge is 2.55. The summed E-state index contributed by atoms with van der Waals surface area (Å²) in [6.45, 7) is 4.46. The maximum Gasteiger partial charge on any atom is 0.339 e. The van der Waals surface area contributed by atoms with Crippen LogP contribution in [0.1, 0.15) is 18.4 Å². The van der Waals surface area contributed by atoms with Crippen molar-refractivity contribution in [2.24, 2.45) is 11.3 Å². The third-order valence-corrected chi connectivity index (χ3v) is 7.00. The summed E-state index contributed by atoms with van der Waals surface area (Å²) in [5.41, 5.74) is 1.29. The lowest BCUT2D eigenvalue weighted by atomic mass is 9.75. The second-order valence-corrected chi connectivity index (χ2v) is 9.33. The number of carbonyl (C=O) groups excluding carboxylic acids is 1. The van der Waals surface area contributed by atoms with Crippen molar-refractivity contribution in [1.82, 2.24) is 0 Å². The van der Waals surface area contributed by atoms with Gasteiger partial charge in [0.1, 0.15) is 4.90 Å². The molecule has 2 aromatic rings. The highest BCUT2D eigenvalue weighted by atomic mass is 35.5. The van der Waals surface area contributed by atoms with E-state index in [1.54, 1.807) is 30.3 Å². The summed E-state index contributed by atoms with van der Waals surface area (Å²) in [6, 6.07) is 12.8. The molecule has 5 nitrogen and oxygen atoms in total. The molecule has 0 spiro atoms. The van der Waals surface area contributed by atoms with Crippen molar-refractivity contribution in [2.75, 3.05) is 6.61 Å². The number of ether oxygens (including phenoxy) is 1. The molecule has 2 aliphatic rings. The Bertz CT molecular complexity index is 1050. The van der Waals surface area contributed by atoms with Crippen molar-refractivity contribution in [3.05, 3.63) is 71.3 Å². The van der Waals surface area contributed by atoms with Crippen LogP contribution in [0.4, 0.5) is 0 Å². The number of cyclic esters (lactones) is 1. The average Bonchev–Trinajstić information content (AvgIpc) is 3.12. The fourth-order valence-electron chi connectivity index (χ4n) is 4.10. The molecule has 2 atom stereocenters. The molecule has 0 bridgehead atoms. The molecular weight excluding hydrogens is 400 g/mol. The van der Waals surface area contributed by atoms with Crippen LogP contribution in [-0.2, 0) is 26.1 Å². The zero-order chi connectivity index (χ0) is 19.9. The molecule has 0 aromatic heterocycles. The lowest BCUT2D eigenvalue weighted by Crippen LogP contribution is -2.31. The first-order valence-electron chi connectivity index (χ1n) is 8.92. The molecule has 1 saturated heterocycles. The lowest BCUT2D eigenvalue weighted by molar-refractivity contribution is -0.146. The van der Waals surface area contributed by atoms with Gasteiger partial charge in [0.25, 0.3) is 0 Å². The number of halogens is 1. The molecule has 0 N–H and O–H groups in total. The number of hydrogen-bond donors (Lipinski definition) is 0. The SMILES string of the molecule is C=C1CC2COC(=O)C2(Cc2ccc(OS(=O)(=O)c3ccccc3)c(Cl)c2)C1. The van der Waals surface area contributed by atoms with Gasteiger partial charge in [-0.1, -0.05) is 48.0 Å². The van der Waals surface area contributed by atoms with Crippen LogP contribution in [0, 0.1) is 11.3 Å². The number of hydrogen-bond acceptors (Lipinski definition) is 5. The standard InChI is InChI=1S/C21H19ClO5S/c1-14-9-16-13-26-20(23)21(16,11-14)12-15-7-8-19(18(22)10-15)27-28(24,25)17-5-3-2-4-6-17/h2-8,10,16H,1,9,11-13H2. The molecule has 1 saturated carbocycles. The molecule has 2 unspecified atom stereocenters. The molecule has 7 heteroatoms. The van der Waals surface area contributed by atoms with Gasteiger partial charge < -0.3 is 8.92 Å². The lowest BCUT2D eigenvalue weighted by Gasteiger charge is -2.24. The van der Waals surface area contributed by atoms with Gasteiger partial charge in [-0.15, -0.1) is 0 Å². The predicted octanol–water partition coefficient (Wildman–Crippen LogP) is 4.16. The number of esters is 1. The van der Waals surface area contributed by atoms with E-state index in [1.165, 1.54) is 18.2 Å². The largest absolute Gasteiger partial charge is 0.465 e. The fraction of sp³-hybridized carbons (Fsp3) is 0.286. The molecule has 28 heavy (non-hydrogen) atoms. The normalized spacial score (nSPS) is 24.1. The van der Waals surface area contributed by atoms with Gasteiger partial charge in [-0.2, -0.15) is 8.42 Å². The molecule has 2 fully saturated rings. The van der Waals surface area contributed by atoms with Crippen molar-refractivity contribution < 1.29 is 22.1 Å². The van der Waals surface area contributed by atoms with Gasteiger partial charge >= 0.3 is 16.1 Å². The Morgan fingerprint density at radius 1 is 1.21 bits per heavy atom. The Hall–Kier alpha value is -2.31. The molecule has 0 radical (unpaired) electrons. The number of rotatable bonds is 5. The van der Waals surface area contributed by atoms with E-state index in [-0.39, 0.29) is 27.6 Å². The van der Waals surface area contributed by atoms with Crippen molar-refractivity contribution in [1.29, 1.82) is 0 Å². The molecule has 146 valence electrons. The summed E-state index contributed by atoms with van der Waals surface area (Å²) >= 11 is 6.29. The number of allylic oxidation sites excluding steroid dienone is 1. The monoisotopic (exact) mass is 418 g/mol. The van der Waals surface area contributed by atoms with Gasteiger partial charge in [0.05, 0.1) is 17.0 Å². The highest BCUT2D eigenvalue weighted by molar-refractivity contribution is 7.87. The Kier molecular flexibility index (Phi) is 4.71. The van der Waals surface area contributed by atoms with E-state index in [0.29, 0.717) is 19.4 Å². The van der Waals surface area contributed by atoms with Crippen LogP contribution in [0.5, 0.6) is 5.75 Å². The average molecular weight is 419 g/mol. The van der Waals surface area contributed by atoms with Crippen molar-refractivity contribution in [2.45, 2.75) is 24.2 Å². The topological polar surface area (TPSA) is 69.7 Å². The van der Waals surface area contributed by atoms with E-state index < -0.39 is 15.5 Å². The van der Waals surface area contributed by atoms with E-state index in [4.69, 9.17) is 20.5 Å². The van der Waals surface area contributed by atoms with Gasteiger partial charge in [0.15, 0.2) is 5.75 Å². The first-order chi connectivity index (χ1) is 13.3. The van der Waals surface area contributed by atoms with Crippen molar-refractivity contribution in [3.8, 4) is 5.75 Å². The predicted molar refractivity (Wildman–Crippen MR) is 105 cm³/mol. The van der Waals surface area contributed by atoms with Crippen LogP contribution in [-0.4, -0.2) is 21.0 Å². The van der Waals surface area contributed by atoms with Crippen LogP contribution in [0.15, 0.2) is 65.6 Å². The molecular formula is C21H19ClO5S. The Labute approximate surface area is 169 Å². The Balaban J connectivity index is 1.57. The van der Waals surface area contributed by atoms with Crippen LogP contribution in [0.25, 0.3) is 0 Å². The summed E-state index contributed by atoms with van der Waals surface area (Å²) in [4.78, 5) is 12.5. The number of carbonyl (C=O) groups is 1. The van der Waals surface area contributed by atoms with Crippen molar-refractivity contribution >= 4 is 27.7 Å². The van der Waals surface area contributed by atoms with Crippen LogP contribution in [0.2, 0.25) is 5.02 Å². The summed E-state index contributed by atoms with van der Waals surface area (Å²) < 4.78 is 35.3.